The first-order chi connectivity index (χ1) is 12.1. The minimum Gasteiger partial charge on any atom is -0.375 e. The van der Waals surface area contributed by atoms with Crippen LogP contribution in [-0.2, 0) is 4.79 Å². The van der Waals surface area contributed by atoms with Gasteiger partial charge in [-0.2, -0.15) is 0 Å². The van der Waals surface area contributed by atoms with Gasteiger partial charge in [0.05, 0.1) is 0 Å². The van der Waals surface area contributed by atoms with E-state index in [4.69, 9.17) is 0 Å². The summed E-state index contributed by atoms with van der Waals surface area (Å²) < 4.78 is 0. The van der Waals surface area contributed by atoms with Crippen LogP contribution >= 0.6 is 0 Å². The van der Waals surface area contributed by atoms with Gasteiger partial charge in [-0.05, 0) is 49.2 Å². The summed E-state index contributed by atoms with van der Waals surface area (Å²) in [4.78, 5) is 18.5. The number of likely N-dealkylation sites (N-methyl/N-ethyl adjacent to an activating group) is 1. The van der Waals surface area contributed by atoms with Crippen LogP contribution in [0.1, 0.15) is 12.5 Å². The van der Waals surface area contributed by atoms with E-state index in [2.05, 4.69) is 41.3 Å². The molecule has 1 fully saturated rings. The van der Waals surface area contributed by atoms with E-state index in [1.807, 2.05) is 42.5 Å². The van der Waals surface area contributed by atoms with Gasteiger partial charge in [0.1, 0.15) is 0 Å². The van der Waals surface area contributed by atoms with E-state index in [9.17, 15) is 4.79 Å². The van der Waals surface area contributed by atoms with Gasteiger partial charge < -0.3 is 9.80 Å². The van der Waals surface area contributed by atoms with Crippen LogP contribution in [0.15, 0.2) is 60.8 Å². The van der Waals surface area contributed by atoms with E-state index in [1.165, 1.54) is 0 Å². The van der Waals surface area contributed by atoms with Crippen molar-refractivity contribution < 1.29 is 4.79 Å². The zero-order valence-electron chi connectivity index (χ0n) is 14.9. The first-order valence-corrected chi connectivity index (χ1v) is 8.70. The number of piperazine rings is 1. The van der Waals surface area contributed by atoms with Crippen LogP contribution in [0.4, 0.5) is 11.4 Å². The Bertz CT molecular complexity index is 717. The van der Waals surface area contributed by atoms with Crippen molar-refractivity contribution in [1.29, 1.82) is 0 Å². The summed E-state index contributed by atoms with van der Waals surface area (Å²) in [6.07, 6.45) is 4.30. The highest BCUT2D eigenvalue weighted by molar-refractivity contribution is 5.99. The second-order valence-electron chi connectivity index (χ2n) is 6.44. The maximum atomic E-state index is 12.1. The predicted molar refractivity (Wildman–Crippen MR) is 104 cm³/mol. The molecule has 0 aliphatic carbocycles. The van der Waals surface area contributed by atoms with Gasteiger partial charge in [-0.25, -0.2) is 0 Å². The van der Waals surface area contributed by atoms with Crippen molar-refractivity contribution in [2.75, 3.05) is 38.1 Å². The molecule has 1 aliphatic rings. The fourth-order valence-corrected chi connectivity index (χ4v) is 2.99. The third-order valence-corrected chi connectivity index (χ3v) is 4.50. The van der Waals surface area contributed by atoms with Gasteiger partial charge >= 0.3 is 0 Å². The molecule has 2 aromatic rings. The van der Waals surface area contributed by atoms with Crippen molar-refractivity contribution in [3.8, 4) is 0 Å². The van der Waals surface area contributed by atoms with Crippen LogP contribution in [0.5, 0.6) is 0 Å². The van der Waals surface area contributed by atoms with Gasteiger partial charge in [0.2, 0.25) is 5.91 Å². The minimum absolute atomic E-state index is 0.00642. The summed E-state index contributed by atoms with van der Waals surface area (Å²) in [5.41, 5.74) is 2.91. The lowest BCUT2D eigenvalue weighted by atomic mass is 10.1. The first-order valence-electron chi connectivity index (χ1n) is 8.70. The smallest absolute Gasteiger partial charge is 0.228 e. The Morgan fingerprint density at radius 1 is 0.920 bits per heavy atom. The molecule has 0 N–H and O–H groups in total. The molecule has 3 rings (SSSR count). The molecule has 25 heavy (non-hydrogen) atoms. The highest BCUT2D eigenvalue weighted by Gasteiger charge is 2.13. The molecule has 4 nitrogen and oxygen atoms in total. The fraction of sp³-hybridized carbons (Fsp3) is 0.286. The standard InChI is InChI=1S/C21H25N3O/c1-18(25)24(20-6-4-3-5-7-20)21-10-8-19(9-11-21)12-13-23-16-14-22(2)15-17-23/h3-13H,14-17H2,1-2H3/b13-12+. The molecule has 0 atom stereocenters. The molecule has 1 aliphatic heterocycles. The van der Waals surface area contributed by atoms with Crippen molar-refractivity contribution >= 4 is 23.4 Å². The Labute approximate surface area is 150 Å². The number of benzene rings is 2. The molecule has 0 aromatic heterocycles. The highest BCUT2D eigenvalue weighted by atomic mass is 16.2. The molecule has 4 heteroatoms. The van der Waals surface area contributed by atoms with Gasteiger partial charge in [0, 0.05) is 44.5 Å². The summed E-state index contributed by atoms with van der Waals surface area (Å²) in [5, 5.41) is 0. The van der Waals surface area contributed by atoms with Gasteiger partial charge in [-0.1, -0.05) is 30.3 Å². The zero-order valence-corrected chi connectivity index (χ0v) is 14.9. The van der Waals surface area contributed by atoms with Crippen LogP contribution in [0.3, 0.4) is 0 Å². The summed E-state index contributed by atoms with van der Waals surface area (Å²) in [5.74, 6) is 0.00642. The van der Waals surface area contributed by atoms with E-state index < -0.39 is 0 Å². The minimum atomic E-state index is 0.00642. The fourth-order valence-electron chi connectivity index (χ4n) is 2.99. The molecule has 130 valence electrons. The van der Waals surface area contributed by atoms with Crippen molar-refractivity contribution in [3.05, 3.63) is 66.4 Å². The molecule has 0 bridgehead atoms. The number of carbonyl (C=O) groups excluding carboxylic acids is 1. The van der Waals surface area contributed by atoms with E-state index >= 15 is 0 Å². The molecular formula is C21H25N3O. The molecular weight excluding hydrogens is 310 g/mol. The van der Waals surface area contributed by atoms with Crippen LogP contribution in [-0.4, -0.2) is 48.9 Å². The zero-order chi connectivity index (χ0) is 17.6. The summed E-state index contributed by atoms with van der Waals surface area (Å²) >= 11 is 0. The quantitative estimate of drug-likeness (QED) is 0.854. The largest absolute Gasteiger partial charge is 0.375 e. The van der Waals surface area contributed by atoms with E-state index in [1.54, 1.807) is 11.8 Å². The number of anilines is 2. The van der Waals surface area contributed by atoms with Gasteiger partial charge in [-0.15, -0.1) is 0 Å². The van der Waals surface area contributed by atoms with Gasteiger partial charge in [-0.3, -0.25) is 9.69 Å². The number of hydrogen-bond acceptors (Lipinski definition) is 3. The summed E-state index contributed by atoms with van der Waals surface area (Å²) in [6, 6.07) is 17.8. The highest BCUT2D eigenvalue weighted by Crippen LogP contribution is 2.25. The number of rotatable bonds is 4. The third kappa shape index (κ3) is 4.48. The normalized spacial score (nSPS) is 15.5. The molecule has 0 radical (unpaired) electrons. The summed E-state index contributed by atoms with van der Waals surface area (Å²) in [6.45, 7) is 5.93. The Morgan fingerprint density at radius 2 is 1.52 bits per heavy atom. The number of hydrogen-bond donors (Lipinski definition) is 0. The Hall–Kier alpha value is -2.59. The molecule has 1 amide bonds. The Kier molecular flexibility index (Phi) is 5.51. The van der Waals surface area contributed by atoms with Crippen molar-refractivity contribution in [3.63, 3.8) is 0 Å². The number of para-hydroxylation sites is 1. The maximum absolute atomic E-state index is 12.1. The SMILES string of the molecule is CC(=O)N(c1ccccc1)c1ccc(/C=C/N2CCN(C)CC2)cc1. The lowest BCUT2D eigenvalue weighted by molar-refractivity contribution is -0.115. The Balaban J connectivity index is 1.71. The average molecular weight is 335 g/mol. The number of nitrogens with zero attached hydrogens (tertiary/aromatic N) is 3. The number of amides is 1. The average Bonchev–Trinajstić information content (AvgIpc) is 2.63. The van der Waals surface area contributed by atoms with Gasteiger partial charge in [0.15, 0.2) is 0 Å². The second kappa shape index (κ2) is 7.99. The topological polar surface area (TPSA) is 26.8 Å². The molecule has 0 spiro atoms. The van der Waals surface area contributed by atoms with Gasteiger partial charge in [0.25, 0.3) is 0 Å². The van der Waals surface area contributed by atoms with E-state index in [0.717, 1.165) is 43.1 Å². The van der Waals surface area contributed by atoms with Crippen molar-refractivity contribution in [1.82, 2.24) is 9.80 Å². The van der Waals surface area contributed by atoms with Crippen LogP contribution in [0.2, 0.25) is 0 Å². The Morgan fingerprint density at radius 3 is 2.12 bits per heavy atom. The first kappa shape index (κ1) is 17.2. The molecule has 1 saturated heterocycles. The van der Waals surface area contributed by atoms with Crippen LogP contribution in [0.25, 0.3) is 6.08 Å². The monoisotopic (exact) mass is 335 g/mol. The number of carbonyl (C=O) groups is 1. The maximum Gasteiger partial charge on any atom is 0.228 e. The lowest BCUT2D eigenvalue weighted by Crippen LogP contribution is -2.41. The lowest BCUT2D eigenvalue weighted by Gasteiger charge is -2.31. The van der Waals surface area contributed by atoms with Crippen LogP contribution in [0, 0.1) is 0 Å². The summed E-state index contributed by atoms with van der Waals surface area (Å²) in [7, 11) is 2.16. The van der Waals surface area contributed by atoms with Crippen molar-refractivity contribution in [2.45, 2.75) is 6.92 Å². The molecule has 0 unspecified atom stereocenters. The van der Waals surface area contributed by atoms with Crippen molar-refractivity contribution in [2.24, 2.45) is 0 Å². The molecule has 0 saturated carbocycles. The van der Waals surface area contributed by atoms with E-state index in [-0.39, 0.29) is 5.91 Å². The third-order valence-electron chi connectivity index (χ3n) is 4.50. The molecule has 2 aromatic carbocycles. The second-order valence-corrected chi connectivity index (χ2v) is 6.44. The predicted octanol–water partition coefficient (Wildman–Crippen LogP) is 3.59. The van der Waals surface area contributed by atoms with Crippen LogP contribution < -0.4 is 4.90 Å². The molecule has 1 heterocycles. The van der Waals surface area contributed by atoms with E-state index in [0.29, 0.717) is 0 Å².